The van der Waals surface area contributed by atoms with E-state index in [0.717, 1.165) is 5.69 Å². The molecular weight excluding hydrogens is 288 g/mol. The molecule has 0 amide bonds. The van der Waals surface area contributed by atoms with Crippen molar-refractivity contribution in [3.63, 3.8) is 0 Å². The lowest BCUT2D eigenvalue weighted by molar-refractivity contribution is 0.606. The van der Waals surface area contributed by atoms with E-state index >= 15 is 0 Å². The maximum Gasteiger partial charge on any atom is 0.280 e. The van der Waals surface area contributed by atoms with E-state index in [4.69, 9.17) is 10.7 Å². The maximum atomic E-state index is 11.3. The molecule has 102 valence electrons. The van der Waals surface area contributed by atoms with Crippen LogP contribution in [0.5, 0.6) is 0 Å². The second-order valence-electron chi connectivity index (χ2n) is 4.72. The van der Waals surface area contributed by atoms with Gasteiger partial charge in [-0.3, -0.25) is 0 Å². The molecule has 0 radical (unpaired) electrons. The third kappa shape index (κ3) is 2.52. The van der Waals surface area contributed by atoms with Crippen LogP contribution in [0.2, 0.25) is 0 Å². The zero-order valence-corrected chi connectivity index (χ0v) is 11.9. The molecule has 1 fully saturated rings. The molecule has 0 spiro atoms. The van der Waals surface area contributed by atoms with Gasteiger partial charge >= 0.3 is 0 Å². The summed E-state index contributed by atoms with van der Waals surface area (Å²) in [7, 11) is 1.52. The molecule has 0 atom stereocenters. The highest BCUT2D eigenvalue weighted by molar-refractivity contribution is 8.13. The van der Waals surface area contributed by atoms with Gasteiger partial charge in [-0.25, -0.2) is 18.4 Å². The Kier molecular flexibility index (Phi) is 2.90. The van der Waals surface area contributed by atoms with Gasteiger partial charge in [0, 0.05) is 29.1 Å². The van der Waals surface area contributed by atoms with Crippen LogP contribution in [-0.4, -0.2) is 27.5 Å². The first-order valence-corrected chi connectivity index (χ1v) is 8.25. The normalized spacial score (nSPS) is 15.9. The largest absolute Gasteiger partial charge is 0.330 e. The van der Waals surface area contributed by atoms with Crippen LogP contribution in [0.3, 0.4) is 0 Å². The number of rotatable bonds is 4. The quantitative estimate of drug-likeness (QED) is 0.806. The number of hydrogen-bond donors (Lipinski definition) is 0. The Bertz CT molecular complexity index is 715. The van der Waals surface area contributed by atoms with Gasteiger partial charge in [-0.2, -0.15) is 0 Å². The van der Waals surface area contributed by atoms with Crippen LogP contribution in [0.25, 0.3) is 0 Å². The minimum absolute atomic E-state index is 0.107. The van der Waals surface area contributed by atoms with Gasteiger partial charge in [-0.15, -0.1) is 0 Å². The van der Waals surface area contributed by atoms with E-state index < -0.39 is 9.05 Å². The summed E-state index contributed by atoms with van der Waals surface area (Å²) in [4.78, 5) is 8.12. The van der Waals surface area contributed by atoms with Crippen molar-refractivity contribution in [3.8, 4) is 0 Å². The van der Waals surface area contributed by atoms with Crippen molar-refractivity contribution in [2.75, 3.05) is 0 Å². The zero-order valence-electron chi connectivity index (χ0n) is 10.3. The first kappa shape index (κ1) is 12.7. The number of aromatic nitrogens is 4. The molecule has 3 rings (SSSR count). The van der Waals surface area contributed by atoms with Crippen LogP contribution < -0.4 is 0 Å². The fraction of sp³-hybridized carbons (Fsp3) is 0.455. The van der Waals surface area contributed by atoms with Crippen LogP contribution in [0.4, 0.5) is 0 Å². The maximum absolute atomic E-state index is 11.3. The molecule has 2 heterocycles. The van der Waals surface area contributed by atoms with E-state index in [9.17, 15) is 8.42 Å². The summed E-state index contributed by atoms with van der Waals surface area (Å²) < 4.78 is 26.4. The minimum Gasteiger partial charge on any atom is -0.330 e. The molecular formula is C11H13ClN4O2S. The van der Waals surface area contributed by atoms with Crippen molar-refractivity contribution in [2.24, 2.45) is 0 Å². The molecule has 0 aromatic carbocycles. The standard InChI is InChI=1S/C11H13ClN4O2S/c1-8-14-11(19(12,17)18)6-15(8)5-10-4-13-7-16(10)9-2-3-9/h4,6-7,9H,2-3,5H2,1H3. The molecule has 0 unspecified atom stereocenters. The summed E-state index contributed by atoms with van der Waals surface area (Å²) in [6.07, 6.45) is 7.42. The average Bonchev–Trinajstić information content (AvgIpc) is 2.95. The summed E-state index contributed by atoms with van der Waals surface area (Å²) >= 11 is 0. The van der Waals surface area contributed by atoms with Gasteiger partial charge in [0.25, 0.3) is 9.05 Å². The SMILES string of the molecule is Cc1nc(S(=O)(=O)Cl)cn1Cc1cncn1C1CC1. The lowest BCUT2D eigenvalue weighted by atomic mass is 10.4. The van der Waals surface area contributed by atoms with Gasteiger partial charge in [0.15, 0.2) is 5.03 Å². The monoisotopic (exact) mass is 300 g/mol. The van der Waals surface area contributed by atoms with Crippen LogP contribution >= 0.6 is 10.7 Å². The number of halogens is 1. The second kappa shape index (κ2) is 4.35. The number of nitrogens with zero attached hydrogens (tertiary/aromatic N) is 4. The Morgan fingerprint density at radius 3 is 2.79 bits per heavy atom. The molecule has 1 aliphatic carbocycles. The molecule has 8 heteroatoms. The molecule has 1 aliphatic rings. The molecule has 19 heavy (non-hydrogen) atoms. The van der Waals surface area contributed by atoms with Crippen molar-refractivity contribution in [3.05, 3.63) is 30.2 Å². The first-order chi connectivity index (χ1) is 8.95. The molecule has 2 aromatic rings. The fourth-order valence-electron chi connectivity index (χ4n) is 2.07. The second-order valence-corrected chi connectivity index (χ2v) is 7.23. The highest BCUT2D eigenvalue weighted by Gasteiger charge is 2.25. The van der Waals surface area contributed by atoms with E-state index in [1.54, 1.807) is 17.7 Å². The third-order valence-corrected chi connectivity index (χ3v) is 4.39. The zero-order chi connectivity index (χ0) is 13.6. The summed E-state index contributed by atoms with van der Waals surface area (Å²) in [6.45, 7) is 2.30. The molecule has 0 aliphatic heterocycles. The summed E-state index contributed by atoms with van der Waals surface area (Å²) in [6, 6.07) is 0.539. The Hall–Kier alpha value is -1.34. The Morgan fingerprint density at radius 2 is 2.21 bits per heavy atom. The molecule has 1 saturated carbocycles. The lowest BCUT2D eigenvalue weighted by Crippen LogP contribution is -2.06. The number of aryl methyl sites for hydroxylation is 1. The molecule has 0 bridgehead atoms. The highest BCUT2D eigenvalue weighted by atomic mass is 35.7. The molecule has 6 nitrogen and oxygen atoms in total. The predicted molar refractivity (Wildman–Crippen MR) is 69.6 cm³/mol. The summed E-state index contributed by atoms with van der Waals surface area (Å²) in [5, 5.41) is -0.107. The van der Waals surface area contributed by atoms with E-state index in [0.29, 0.717) is 18.4 Å². The molecule has 0 N–H and O–H groups in total. The van der Waals surface area contributed by atoms with Gasteiger partial charge in [0.05, 0.1) is 18.6 Å². The average molecular weight is 301 g/mol. The van der Waals surface area contributed by atoms with Gasteiger partial charge in [0.2, 0.25) is 0 Å². The van der Waals surface area contributed by atoms with Crippen molar-refractivity contribution >= 4 is 19.7 Å². The van der Waals surface area contributed by atoms with Crippen molar-refractivity contribution < 1.29 is 8.42 Å². The van der Waals surface area contributed by atoms with Crippen molar-refractivity contribution in [1.82, 2.24) is 19.1 Å². The van der Waals surface area contributed by atoms with Crippen LogP contribution in [-0.2, 0) is 15.6 Å². The van der Waals surface area contributed by atoms with Gasteiger partial charge in [0.1, 0.15) is 5.82 Å². The Morgan fingerprint density at radius 1 is 1.47 bits per heavy atom. The fourth-order valence-corrected chi connectivity index (χ4v) is 2.78. The van der Waals surface area contributed by atoms with E-state index in [1.807, 2.05) is 6.33 Å². The Balaban J connectivity index is 1.91. The highest BCUT2D eigenvalue weighted by Crippen LogP contribution is 2.35. The molecule has 0 saturated heterocycles. The summed E-state index contributed by atoms with van der Waals surface area (Å²) in [5.41, 5.74) is 1.04. The third-order valence-electron chi connectivity index (χ3n) is 3.22. The lowest BCUT2D eigenvalue weighted by Gasteiger charge is -2.08. The molecule has 2 aromatic heterocycles. The first-order valence-electron chi connectivity index (χ1n) is 5.94. The summed E-state index contributed by atoms with van der Waals surface area (Å²) in [5.74, 6) is 0.614. The number of imidazole rings is 2. The van der Waals surface area contributed by atoms with Gasteiger partial charge in [-0.1, -0.05) is 0 Å². The van der Waals surface area contributed by atoms with Crippen LogP contribution in [0.1, 0.15) is 30.4 Å². The van der Waals surface area contributed by atoms with Gasteiger partial charge in [-0.05, 0) is 19.8 Å². The van der Waals surface area contributed by atoms with Crippen molar-refractivity contribution in [1.29, 1.82) is 0 Å². The topological polar surface area (TPSA) is 69.8 Å². The van der Waals surface area contributed by atoms with Gasteiger partial charge < -0.3 is 9.13 Å². The number of hydrogen-bond acceptors (Lipinski definition) is 4. The Labute approximate surface area is 115 Å². The van der Waals surface area contributed by atoms with Crippen LogP contribution in [0.15, 0.2) is 23.7 Å². The minimum atomic E-state index is -3.78. The van der Waals surface area contributed by atoms with E-state index in [1.165, 1.54) is 19.0 Å². The smallest absolute Gasteiger partial charge is 0.280 e. The van der Waals surface area contributed by atoms with Crippen LogP contribution in [0, 0.1) is 6.92 Å². The van der Waals surface area contributed by atoms with E-state index in [-0.39, 0.29) is 5.03 Å². The predicted octanol–water partition coefficient (Wildman–Crippen LogP) is 1.70. The van der Waals surface area contributed by atoms with Crippen molar-refractivity contribution in [2.45, 2.75) is 37.4 Å². The van der Waals surface area contributed by atoms with E-state index in [2.05, 4.69) is 14.5 Å².